The van der Waals surface area contributed by atoms with Gasteiger partial charge in [-0.25, -0.2) is 4.98 Å². The molecule has 31 heavy (non-hydrogen) atoms. The maximum atomic E-state index is 12.7. The molecule has 0 radical (unpaired) electrons. The second-order valence-electron chi connectivity index (χ2n) is 6.85. The molecule has 1 aliphatic heterocycles. The molecular formula is C20H16F3N5O3. The number of aromatic amines is 1. The molecule has 2 aromatic carbocycles. The molecule has 3 aromatic rings. The van der Waals surface area contributed by atoms with Crippen LogP contribution in [0.4, 0.5) is 24.5 Å². The van der Waals surface area contributed by atoms with Gasteiger partial charge in [0.25, 0.3) is 0 Å². The number of halogens is 3. The third kappa shape index (κ3) is 4.82. The Bertz CT molecular complexity index is 1100. The number of nitrogens with one attached hydrogen (secondary N) is 2. The maximum absolute atomic E-state index is 12.7. The summed E-state index contributed by atoms with van der Waals surface area (Å²) in [4.78, 5) is 30.4. The number of H-pyrrole nitrogens is 1. The Balaban J connectivity index is 1.44. The summed E-state index contributed by atoms with van der Waals surface area (Å²) in [6.07, 6.45) is -3.53. The number of benzene rings is 2. The molecule has 8 nitrogen and oxygen atoms in total. The van der Waals surface area contributed by atoms with Gasteiger partial charge in [-0.15, -0.1) is 13.2 Å². The highest BCUT2D eigenvalue weighted by atomic mass is 19.4. The molecule has 1 atom stereocenters. The fourth-order valence-corrected chi connectivity index (χ4v) is 3.31. The number of hydrogen-bond acceptors (Lipinski definition) is 5. The van der Waals surface area contributed by atoms with Crippen molar-refractivity contribution in [1.82, 2.24) is 15.2 Å². The lowest BCUT2D eigenvalue weighted by Crippen LogP contribution is -2.28. The van der Waals surface area contributed by atoms with Crippen LogP contribution < -0.4 is 15.0 Å². The van der Waals surface area contributed by atoms with Gasteiger partial charge in [0.1, 0.15) is 12.1 Å². The van der Waals surface area contributed by atoms with E-state index in [1.165, 1.54) is 23.4 Å². The molecule has 4 rings (SSSR count). The van der Waals surface area contributed by atoms with Crippen LogP contribution in [0.25, 0.3) is 11.4 Å². The lowest BCUT2D eigenvalue weighted by Gasteiger charge is -2.18. The zero-order chi connectivity index (χ0) is 22.0. The Hall–Kier alpha value is -3.89. The van der Waals surface area contributed by atoms with Gasteiger partial charge >= 0.3 is 6.36 Å². The summed E-state index contributed by atoms with van der Waals surface area (Å²) in [7, 11) is 0. The second-order valence-corrected chi connectivity index (χ2v) is 6.85. The molecule has 0 saturated carbocycles. The zero-order valence-corrected chi connectivity index (χ0v) is 15.9. The highest BCUT2D eigenvalue weighted by Crippen LogP contribution is 2.31. The SMILES string of the molecule is O=C(Nc1cccc(-c2ncn[nH]2)c1)[C@H]1CC(=O)N(c2cccc(OC(F)(F)F)c2)C1. The molecule has 1 saturated heterocycles. The highest BCUT2D eigenvalue weighted by molar-refractivity contribution is 6.03. The van der Waals surface area contributed by atoms with Gasteiger partial charge in [0.05, 0.1) is 5.92 Å². The third-order valence-corrected chi connectivity index (χ3v) is 4.68. The van der Waals surface area contributed by atoms with Crippen LogP contribution >= 0.6 is 0 Å². The Morgan fingerprint density at radius 3 is 2.74 bits per heavy atom. The van der Waals surface area contributed by atoms with Gasteiger partial charge in [-0.05, 0) is 24.3 Å². The minimum absolute atomic E-state index is 0.0436. The first-order valence-corrected chi connectivity index (χ1v) is 9.21. The van der Waals surface area contributed by atoms with Gasteiger partial charge in [0, 0.05) is 36.0 Å². The highest BCUT2D eigenvalue weighted by Gasteiger charge is 2.36. The van der Waals surface area contributed by atoms with Crippen LogP contribution in [-0.4, -0.2) is 39.9 Å². The van der Waals surface area contributed by atoms with Crippen LogP contribution in [0.1, 0.15) is 6.42 Å². The average molecular weight is 431 g/mol. The second kappa shape index (κ2) is 8.09. The number of alkyl halides is 3. The van der Waals surface area contributed by atoms with Crippen LogP contribution in [0.2, 0.25) is 0 Å². The van der Waals surface area contributed by atoms with E-state index in [4.69, 9.17) is 0 Å². The number of hydrogen-bond donors (Lipinski definition) is 2. The van der Waals surface area contributed by atoms with E-state index in [0.717, 1.165) is 17.7 Å². The van der Waals surface area contributed by atoms with Gasteiger partial charge < -0.3 is 15.0 Å². The Kier molecular flexibility index (Phi) is 5.32. The quantitative estimate of drug-likeness (QED) is 0.645. The Morgan fingerprint density at radius 1 is 1.19 bits per heavy atom. The van der Waals surface area contributed by atoms with Gasteiger partial charge in [0.2, 0.25) is 11.8 Å². The molecule has 1 aliphatic rings. The number of rotatable bonds is 5. The van der Waals surface area contributed by atoms with Crippen molar-refractivity contribution >= 4 is 23.2 Å². The van der Waals surface area contributed by atoms with Crippen LogP contribution in [-0.2, 0) is 9.59 Å². The smallest absolute Gasteiger partial charge is 0.406 e. The molecule has 2 heterocycles. The van der Waals surface area contributed by atoms with E-state index in [2.05, 4.69) is 25.2 Å². The summed E-state index contributed by atoms with van der Waals surface area (Å²) in [5, 5.41) is 9.29. The van der Waals surface area contributed by atoms with Crippen molar-refractivity contribution in [3.05, 3.63) is 54.9 Å². The standard InChI is InChI=1S/C20H16F3N5O3/c21-20(22,23)31-16-6-2-5-15(9-16)28-10-13(8-17(28)29)19(30)26-14-4-1-3-12(7-14)18-24-11-25-27-18/h1-7,9,11,13H,8,10H2,(H,26,30)(H,24,25,27)/t13-/m0/s1. The fourth-order valence-electron chi connectivity index (χ4n) is 3.31. The van der Waals surface area contributed by atoms with Crippen molar-refractivity contribution in [1.29, 1.82) is 0 Å². The number of carbonyl (C=O) groups is 2. The Morgan fingerprint density at radius 2 is 2.00 bits per heavy atom. The van der Waals surface area contributed by atoms with E-state index < -0.39 is 18.0 Å². The first-order valence-electron chi connectivity index (χ1n) is 9.21. The average Bonchev–Trinajstić information content (AvgIpc) is 3.37. The summed E-state index contributed by atoms with van der Waals surface area (Å²) >= 11 is 0. The van der Waals surface area contributed by atoms with Gasteiger partial charge in [-0.1, -0.05) is 18.2 Å². The molecule has 0 unspecified atom stereocenters. The minimum atomic E-state index is -4.84. The molecule has 0 bridgehead atoms. The topological polar surface area (TPSA) is 100 Å². The van der Waals surface area contributed by atoms with Crippen molar-refractivity contribution in [2.45, 2.75) is 12.8 Å². The predicted octanol–water partition coefficient (Wildman–Crippen LogP) is 3.36. The summed E-state index contributed by atoms with van der Waals surface area (Å²) in [5.74, 6) is -1.28. The van der Waals surface area contributed by atoms with Gasteiger partial charge in [-0.2, -0.15) is 5.10 Å². The number of aromatic nitrogens is 3. The fraction of sp³-hybridized carbons (Fsp3) is 0.200. The molecule has 2 N–H and O–H groups in total. The molecule has 160 valence electrons. The molecule has 1 fully saturated rings. The largest absolute Gasteiger partial charge is 0.573 e. The molecule has 1 aromatic heterocycles. The van der Waals surface area contributed by atoms with Crippen molar-refractivity contribution in [3.8, 4) is 17.1 Å². The van der Waals surface area contributed by atoms with Crippen LogP contribution in [0.3, 0.4) is 0 Å². The first-order chi connectivity index (χ1) is 14.8. The third-order valence-electron chi connectivity index (χ3n) is 4.68. The normalized spacial score (nSPS) is 16.4. The number of amides is 2. The summed E-state index contributed by atoms with van der Waals surface area (Å²) in [6, 6.07) is 12.1. The van der Waals surface area contributed by atoms with E-state index >= 15 is 0 Å². The van der Waals surface area contributed by atoms with Crippen LogP contribution in [0.15, 0.2) is 54.9 Å². The molecule has 0 spiro atoms. The molecule has 0 aliphatic carbocycles. The van der Waals surface area contributed by atoms with E-state index in [1.807, 2.05) is 0 Å². The van der Waals surface area contributed by atoms with E-state index in [1.54, 1.807) is 24.3 Å². The van der Waals surface area contributed by atoms with Crippen LogP contribution in [0.5, 0.6) is 5.75 Å². The Labute approximate surface area is 174 Å². The predicted molar refractivity (Wildman–Crippen MR) is 104 cm³/mol. The number of ether oxygens (including phenoxy) is 1. The van der Waals surface area contributed by atoms with Crippen molar-refractivity contribution in [3.63, 3.8) is 0 Å². The lowest BCUT2D eigenvalue weighted by molar-refractivity contribution is -0.274. The van der Waals surface area contributed by atoms with Crippen molar-refractivity contribution in [2.75, 3.05) is 16.8 Å². The molecular weight excluding hydrogens is 415 g/mol. The number of anilines is 2. The summed E-state index contributed by atoms with van der Waals surface area (Å²) in [5.41, 5.74) is 1.47. The van der Waals surface area contributed by atoms with Crippen molar-refractivity contribution < 1.29 is 27.5 Å². The maximum Gasteiger partial charge on any atom is 0.573 e. The van der Waals surface area contributed by atoms with E-state index in [9.17, 15) is 22.8 Å². The molecule has 11 heteroatoms. The number of nitrogens with zero attached hydrogens (tertiary/aromatic N) is 3. The minimum Gasteiger partial charge on any atom is -0.406 e. The van der Waals surface area contributed by atoms with Gasteiger partial charge in [0.15, 0.2) is 5.82 Å². The summed E-state index contributed by atoms with van der Waals surface area (Å²) in [6.45, 7) is 0.0436. The van der Waals surface area contributed by atoms with Crippen LogP contribution in [0, 0.1) is 5.92 Å². The van der Waals surface area contributed by atoms with E-state index in [0.29, 0.717) is 11.5 Å². The van der Waals surface area contributed by atoms with Crippen molar-refractivity contribution in [2.24, 2.45) is 5.92 Å². The van der Waals surface area contributed by atoms with Gasteiger partial charge in [-0.3, -0.25) is 14.7 Å². The molecule has 2 amide bonds. The first kappa shape index (κ1) is 20.4. The van der Waals surface area contributed by atoms with E-state index in [-0.39, 0.29) is 30.5 Å². The zero-order valence-electron chi connectivity index (χ0n) is 15.9. The summed E-state index contributed by atoms with van der Waals surface area (Å²) < 4.78 is 41.3. The number of carbonyl (C=O) groups excluding carboxylic acids is 2. The monoisotopic (exact) mass is 431 g/mol. The lowest BCUT2D eigenvalue weighted by atomic mass is 10.1.